The predicted molar refractivity (Wildman–Crippen MR) is 521 cm³/mol. The number of aliphatic hydroxyl groups excluding tert-OH is 2. The van der Waals surface area contributed by atoms with E-state index in [0.717, 1.165) is 43.2 Å². The van der Waals surface area contributed by atoms with Crippen LogP contribution in [0, 0.1) is 11.8 Å². The largest absolute Gasteiger partial charge is 0.480 e. The van der Waals surface area contributed by atoms with Crippen LogP contribution in [-0.2, 0) is 120 Å². The fourth-order valence-corrected chi connectivity index (χ4v) is 20.9. The van der Waals surface area contributed by atoms with Crippen molar-refractivity contribution < 1.29 is 116 Å². The van der Waals surface area contributed by atoms with Crippen LogP contribution in [0.25, 0.3) is 32.7 Å². The highest BCUT2D eigenvalue weighted by molar-refractivity contribution is 8.76. The summed E-state index contributed by atoms with van der Waals surface area (Å²) in [6.45, 7) is 4.78. The summed E-state index contributed by atoms with van der Waals surface area (Å²) >= 11 is 0. The Morgan fingerprint density at radius 2 is 0.812 bits per heavy atom. The number of H-pyrrole nitrogens is 3. The number of nitrogens with zero attached hydrogens (tertiary/aromatic N) is 4. The number of nitrogens with one attached hydrogen (secondary N) is 18. The zero-order chi connectivity index (χ0) is 104. The molecule has 144 heavy (non-hydrogen) atoms. The topological polar surface area (TPSA) is 686 Å². The summed E-state index contributed by atoms with van der Waals surface area (Å²) in [5, 5.41) is 72.9. The minimum atomic E-state index is -2.06. The van der Waals surface area contributed by atoms with Gasteiger partial charge in [0.1, 0.15) is 96.7 Å². The minimum absolute atomic E-state index is 0.00590. The highest BCUT2D eigenvalue weighted by Gasteiger charge is 2.47. The van der Waals surface area contributed by atoms with E-state index in [-0.39, 0.29) is 116 Å². The Morgan fingerprint density at radius 3 is 1.29 bits per heavy atom. The number of hydrogen-bond donors (Lipinski definition) is 22. The van der Waals surface area contributed by atoms with Crippen LogP contribution in [0.1, 0.15) is 135 Å². The first kappa shape index (κ1) is 109. The first-order valence-corrected chi connectivity index (χ1v) is 50.6. The Bertz CT molecular complexity index is 5830. The van der Waals surface area contributed by atoms with Crippen LogP contribution in [0.4, 0.5) is 0 Å². The molecule has 49 heteroatoms. The first-order chi connectivity index (χ1) is 68.8. The van der Waals surface area contributed by atoms with E-state index in [0.29, 0.717) is 49.4 Å². The number of aromatic amines is 3. The molecule has 23 N–H and O–H groups in total. The third-order valence-electron chi connectivity index (χ3n) is 26.4. The lowest BCUT2D eigenvalue weighted by molar-refractivity contribution is -0.145. The molecule has 47 nitrogen and oxygen atoms in total. The molecule has 3 aromatic heterocycles. The Morgan fingerprint density at radius 1 is 0.410 bits per heavy atom. The molecule has 0 spiro atoms. The number of primary amides is 1. The van der Waals surface area contributed by atoms with E-state index in [4.69, 9.17) is 5.73 Å². The van der Waals surface area contributed by atoms with Crippen molar-refractivity contribution in [1.82, 2.24) is 114 Å². The Kier molecular flexibility index (Phi) is 37.8. The molecule has 6 aliphatic heterocycles. The van der Waals surface area contributed by atoms with Crippen molar-refractivity contribution in [3.8, 4) is 0 Å². The lowest BCUT2D eigenvalue weighted by Crippen LogP contribution is -2.62. The smallest absolute Gasteiger partial charge is 0.327 e. The second-order valence-corrected chi connectivity index (χ2v) is 39.9. The average molecular weight is 2040 g/mol. The fraction of sp³-hybridized carbons (Fsp3) is 0.526. The third kappa shape index (κ3) is 27.8. The molecule has 20 amide bonds. The van der Waals surface area contributed by atoms with Gasteiger partial charge in [0, 0.05) is 108 Å². The molecule has 0 radical (unpaired) electrons. The van der Waals surface area contributed by atoms with Crippen molar-refractivity contribution in [1.29, 1.82) is 0 Å². The molecule has 6 fully saturated rings. The molecule has 6 aliphatic rings. The lowest BCUT2D eigenvalue weighted by atomic mass is 9.96. The van der Waals surface area contributed by atoms with Crippen molar-refractivity contribution >= 4 is 178 Å². The maximum atomic E-state index is 15.3. The van der Waals surface area contributed by atoms with Gasteiger partial charge in [-0.15, -0.1) is 0 Å². The Labute approximate surface area is 834 Å². The number of benzene rings is 3. The van der Waals surface area contributed by atoms with E-state index in [9.17, 15) is 106 Å². The van der Waals surface area contributed by atoms with Gasteiger partial charge < -0.3 is 135 Å². The molecule has 18 atom stereocenters. The van der Waals surface area contributed by atoms with E-state index in [1.807, 2.05) is 0 Å². The van der Waals surface area contributed by atoms with Gasteiger partial charge in [0.25, 0.3) is 0 Å². The van der Waals surface area contributed by atoms with Crippen molar-refractivity contribution in [2.45, 2.75) is 241 Å². The molecule has 0 saturated carbocycles. The maximum absolute atomic E-state index is 15.3. The SMILES string of the molecule is CC[C@H](C)C1NC(=O)CC2NC(=O)[C@H](CO)NC(=O)C3CCCN3C(=O)C(CSSC[C@@H](C(=O)O)NC(=O)[C@H](C)NC(=O)[C@H](Cc3c[nH]c4ccccc34)NC(=O)C3CCCN3C(=O)C([C@@H](C)O)NC(=O)[C@H](CC(N)=O)NC(=O)[C@H](Cc3c[nH]c4ccccc34)NC(=O)CNC(=O)C3CCCN3C1=O)NC(=O)CNC(=O)[C@H](Cc1c[nH]c3ccccc13)NC(=O)C1CCCN1C(=O)[C@H](CC(C)C)NC(=O)CNC2=O. The molecule has 9 heterocycles. The number of aromatic nitrogens is 3. The van der Waals surface area contributed by atoms with Crippen LogP contribution < -0.4 is 85.5 Å². The van der Waals surface area contributed by atoms with Gasteiger partial charge in [0.15, 0.2) is 0 Å². The molecule has 2 bridgehead atoms. The lowest BCUT2D eigenvalue weighted by Gasteiger charge is -2.32. The van der Waals surface area contributed by atoms with E-state index in [1.54, 1.807) is 119 Å². The van der Waals surface area contributed by atoms with Gasteiger partial charge >= 0.3 is 5.97 Å². The van der Waals surface area contributed by atoms with Crippen LogP contribution >= 0.6 is 21.6 Å². The van der Waals surface area contributed by atoms with Crippen LogP contribution in [0.3, 0.4) is 0 Å². The molecule has 6 aromatic rings. The monoisotopic (exact) mass is 2040 g/mol. The maximum Gasteiger partial charge on any atom is 0.327 e. The zero-order valence-electron chi connectivity index (χ0n) is 80.4. The number of nitrogens with two attached hydrogens (primary N) is 1. The number of para-hydroxylation sites is 3. The number of carbonyl (C=O) groups is 21. The number of carbonyl (C=O) groups excluding carboxylic acids is 20. The van der Waals surface area contributed by atoms with Crippen molar-refractivity contribution in [3.05, 3.63) is 108 Å². The number of hydrogen-bond acceptors (Lipinski definition) is 25. The Balaban J connectivity index is 0.874. The number of carboxylic acids is 1. The second kappa shape index (κ2) is 50.1. The van der Waals surface area contributed by atoms with Gasteiger partial charge in [0.05, 0.1) is 45.2 Å². The summed E-state index contributed by atoms with van der Waals surface area (Å²) < 4.78 is 0. The summed E-state index contributed by atoms with van der Waals surface area (Å²) in [6.07, 6.45) is 1.00. The highest BCUT2D eigenvalue weighted by Crippen LogP contribution is 2.31. The van der Waals surface area contributed by atoms with E-state index in [1.165, 1.54) is 11.8 Å². The van der Waals surface area contributed by atoms with Crippen molar-refractivity contribution in [2.24, 2.45) is 17.6 Å². The molecule has 0 aliphatic carbocycles. The average Bonchev–Trinajstić information content (AvgIpc) is 1.65. The van der Waals surface area contributed by atoms with Gasteiger partial charge in [-0.1, -0.05) is 110 Å². The molecule has 12 rings (SSSR count). The molecule has 8 unspecified atom stereocenters. The molecular weight excluding hydrogens is 1910 g/mol. The summed E-state index contributed by atoms with van der Waals surface area (Å²) in [4.78, 5) is 320. The standard InChI is InChI=1S/C95H125N23O24S2/c1-7-48(4)78-93(139)117-30-14-24-69(117)87(133)102-43-75(123)104-61(34-52-39-98-58-22-12-9-19-55(52)58)84(130)107-63(36-73(96)121)85(131)114-79(50(6)120)94(140)118-31-17-27-72(118)89(135)110-62(35-53-40-99-59-23-13-10-20-56(53)59)83(129)103-49(5)80(126)112-68(95(141)142)46-144-143-45-67-92(138)116-29-16-26-71(116)90(136)111-66(44-119)86(132)108-64(37-74(122)113-78)82(128)101-41-76(124)105-65(32-47(2)3)91(137)115-28-15-25-70(115)88(134)109-60(81(127)100-42-77(125)106-67)33-51-38-97-57-21-11-8-18-54(51)57/h8-13,18-23,38-40,47-50,60-72,78-79,97-99,119-120H,7,14-17,24-37,41-46H2,1-6H3,(H2,96,121)(H,100,127)(H,101,128)(H,102,133)(H,103,129)(H,104,123)(H,105,124)(H,106,125)(H,107,130)(H,108,132)(H,109,134)(H,110,135)(H,111,136)(H,112,126)(H,113,122)(H,114,131)(H,141,142)/t48-,49-,50+,60-,61-,62-,63-,64?,65-,66-,67?,68-,69?,70?,71?,72?,78?,79?/m0/s1. The molecule has 776 valence electrons. The van der Waals surface area contributed by atoms with Gasteiger partial charge in [-0.25, -0.2) is 4.79 Å². The van der Waals surface area contributed by atoms with Gasteiger partial charge in [-0.2, -0.15) is 0 Å². The van der Waals surface area contributed by atoms with E-state index < -0.39 is 283 Å². The molecular formula is C95H125N23O24S2. The highest BCUT2D eigenvalue weighted by atomic mass is 33.1. The number of rotatable bonds is 15. The zero-order valence-corrected chi connectivity index (χ0v) is 82.0. The van der Waals surface area contributed by atoms with Crippen LogP contribution in [0.2, 0.25) is 0 Å². The predicted octanol–water partition coefficient (Wildman–Crippen LogP) is -4.47. The fourth-order valence-electron chi connectivity index (χ4n) is 18.6. The van der Waals surface area contributed by atoms with Crippen LogP contribution in [0.15, 0.2) is 91.4 Å². The van der Waals surface area contributed by atoms with Gasteiger partial charge in [-0.3, -0.25) is 95.9 Å². The van der Waals surface area contributed by atoms with Crippen molar-refractivity contribution in [2.75, 3.05) is 63.9 Å². The Hall–Kier alpha value is -14.2. The normalized spacial score (nSPS) is 27.1. The van der Waals surface area contributed by atoms with Crippen molar-refractivity contribution in [3.63, 3.8) is 0 Å². The third-order valence-corrected chi connectivity index (χ3v) is 28.9. The molecule has 6 saturated heterocycles. The quantitative estimate of drug-likeness (QED) is 0.0431. The number of fused-ring (bicyclic) bond motifs is 12. The first-order valence-electron chi connectivity index (χ1n) is 48.1. The minimum Gasteiger partial charge on any atom is -0.480 e. The molecule has 3 aromatic carbocycles. The van der Waals surface area contributed by atoms with Gasteiger partial charge in [-0.05, 0) is 118 Å². The summed E-state index contributed by atoms with van der Waals surface area (Å²) in [6, 6.07) is -5.19. The summed E-state index contributed by atoms with van der Waals surface area (Å²) in [5.74, 6) is -24.1. The summed E-state index contributed by atoms with van der Waals surface area (Å²) in [5.41, 5.74) is 9.06. The number of carboxylic acid groups (broad SMARTS) is 1. The van der Waals surface area contributed by atoms with E-state index >= 15 is 9.59 Å². The number of amides is 20. The van der Waals surface area contributed by atoms with Crippen LogP contribution in [0.5, 0.6) is 0 Å². The second-order valence-electron chi connectivity index (χ2n) is 37.3. The van der Waals surface area contributed by atoms with Crippen LogP contribution in [-0.4, -0.2) is 341 Å². The number of aliphatic hydroxyl groups is 2. The summed E-state index contributed by atoms with van der Waals surface area (Å²) in [7, 11) is 1.58. The number of aliphatic carboxylic acids is 1. The van der Waals surface area contributed by atoms with E-state index in [2.05, 4.69) is 94.7 Å². The van der Waals surface area contributed by atoms with Gasteiger partial charge in [0.2, 0.25) is 118 Å².